The summed E-state index contributed by atoms with van der Waals surface area (Å²) in [6.45, 7) is 2.13. The summed E-state index contributed by atoms with van der Waals surface area (Å²) in [5, 5.41) is 26.3. The van der Waals surface area contributed by atoms with Crippen LogP contribution < -0.4 is 6.15 Å². The van der Waals surface area contributed by atoms with Gasteiger partial charge in [0.05, 0.1) is 4.92 Å². The van der Waals surface area contributed by atoms with Crippen LogP contribution in [0.15, 0.2) is 66.7 Å². The van der Waals surface area contributed by atoms with E-state index in [1.54, 1.807) is 12.1 Å². The molecule has 144 valence electrons. The van der Waals surface area contributed by atoms with E-state index in [0.717, 1.165) is 12.0 Å². The van der Waals surface area contributed by atoms with Gasteiger partial charge in [0.15, 0.2) is 0 Å². The molecule has 0 bridgehead atoms. The second-order valence-electron chi connectivity index (χ2n) is 5.45. The number of nitro groups is 1. The van der Waals surface area contributed by atoms with E-state index in [2.05, 4.69) is 19.1 Å². The van der Waals surface area contributed by atoms with Gasteiger partial charge in [-0.25, -0.2) is 9.59 Å². The quantitative estimate of drug-likeness (QED) is 0.394. The molecule has 5 N–H and O–H groups in total. The van der Waals surface area contributed by atoms with Crippen LogP contribution in [-0.4, -0.2) is 27.1 Å². The van der Waals surface area contributed by atoms with E-state index in [1.165, 1.54) is 11.6 Å². The Labute approximate surface area is 156 Å². The van der Waals surface area contributed by atoms with Gasteiger partial charge in [0.2, 0.25) is 0 Å². The number of nitrogens with zero attached hydrogens (tertiary/aromatic N) is 1. The third-order valence-corrected chi connectivity index (χ3v) is 3.40. The van der Waals surface area contributed by atoms with Crippen LogP contribution >= 0.6 is 0 Å². The third-order valence-electron chi connectivity index (χ3n) is 3.40. The van der Waals surface area contributed by atoms with Gasteiger partial charge in [-0.1, -0.05) is 49.4 Å². The molecular weight excluding hydrogens is 352 g/mol. The number of carbonyl (C=O) groups is 2. The molecule has 0 spiro atoms. The van der Waals surface area contributed by atoms with Gasteiger partial charge >= 0.3 is 11.9 Å². The molecule has 0 saturated heterocycles. The zero-order valence-corrected chi connectivity index (χ0v) is 14.8. The van der Waals surface area contributed by atoms with Gasteiger partial charge in [-0.15, -0.1) is 0 Å². The van der Waals surface area contributed by atoms with Crippen LogP contribution in [0.2, 0.25) is 0 Å². The molecule has 0 aromatic heterocycles. The summed E-state index contributed by atoms with van der Waals surface area (Å²) in [4.78, 5) is 29.5. The molecule has 0 fully saturated rings. The van der Waals surface area contributed by atoms with E-state index in [9.17, 15) is 19.7 Å². The Kier molecular flexibility index (Phi) is 10.4. The van der Waals surface area contributed by atoms with Crippen LogP contribution in [-0.2, 0) is 16.0 Å². The van der Waals surface area contributed by atoms with E-state index in [1.807, 2.05) is 24.3 Å². The highest BCUT2D eigenvalue weighted by Gasteiger charge is 2.09. The van der Waals surface area contributed by atoms with Crippen molar-refractivity contribution in [2.24, 2.45) is 0 Å². The Balaban J connectivity index is 0.000000645. The predicted octanol–water partition coefficient (Wildman–Crippen LogP) is 3.81. The van der Waals surface area contributed by atoms with Crippen LogP contribution in [0.1, 0.15) is 24.0 Å². The maximum atomic E-state index is 10.7. The van der Waals surface area contributed by atoms with E-state index in [-0.39, 0.29) is 16.8 Å². The van der Waals surface area contributed by atoms with Crippen molar-refractivity contribution in [3.05, 3.63) is 88.0 Å². The highest BCUT2D eigenvalue weighted by atomic mass is 16.6. The smallest absolute Gasteiger partial charge is 0.328 e. The van der Waals surface area contributed by atoms with Crippen LogP contribution in [0.4, 0.5) is 5.69 Å². The molecular formula is C19H22N2O6. The first kappa shape index (κ1) is 23.5. The number of hydrogen-bond acceptors (Lipinski definition) is 5. The minimum absolute atomic E-state index is 0. The van der Waals surface area contributed by atoms with Gasteiger partial charge in [-0.3, -0.25) is 10.1 Å². The number of aliphatic carboxylic acids is 2. The first-order valence-corrected chi connectivity index (χ1v) is 7.71. The van der Waals surface area contributed by atoms with Crippen molar-refractivity contribution in [3.8, 4) is 0 Å². The molecule has 8 nitrogen and oxygen atoms in total. The van der Waals surface area contributed by atoms with Crippen LogP contribution in [0.5, 0.6) is 0 Å². The summed E-state index contributed by atoms with van der Waals surface area (Å²) in [7, 11) is 0. The first-order valence-electron chi connectivity index (χ1n) is 7.71. The summed E-state index contributed by atoms with van der Waals surface area (Å²) in [6, 6.07) is 17.0. The van der Waals surface area contributed by atoms with Gasteiger partial charge in [0.25, 0.3) is 5.69 Å². The lowest BCUT2D eigenvalue weighted by molar-refractivity contribution is -0.384. The molecule has 0 radical (unpaired) electrons. The van der Waals surface area contributed by atoms with Crippen molar-refractivity contribution in [1.82, 2.24) is 6.15 Å². The Hall–Kier alpha value is -3.52. The van der Waals surface area contributed by atoms with Crippen molar-refractivity contribution in [2.45, 2.75) is 19.3 Å². The standard InChI is InChI=1S/C15H15NO2.C4H4O4.H3N/c1-12(14-7-3-2-4-8-14)10-13-6-5-9-15(11-13)16(17)18;5-3(6)1-2-4(7)8;/h2-9,11-12H,10H2,1H3;1-2H,(H,5,6)(H,7,8);1H3. The van der Waals surface area contributed by atoms with E-state index < -0.39 is 11.9 Å². The first-order chi connectivity index (χ1) is 12.3. The van der Waals surface area contributed by atoms with Crippen molar-refractivity contribution in [3.63, 3.8) is 0 Å². The minimum atomic E-state index is -1.26. The third kappa shape index (κ3) is 9.51. The number of carboxylic acid groups (broad SMARTS) is 2. The van der Waals surface area contributed by atoms with E-state index in [4.69, 9.17) is 10.2 Å². The lowest BCUT2D eigenvalue weighted by Gasteiger charge is -2.11. The number of hydrogen-bond donors (Lipinski definition) is 3. The number of rotatable bonds is 6. The van der Waals surface area contributed by atoms with E-state index >= 15 is 0 Å². The molecule has 1 unspecified atom stereocenters. The van der Waals surface area contributed by atoms with Gasteiger partial charge in [0, 0.05) is 24.3 Å². The number of non-ortho nitro benzene ring substituents is 1. The topological polar surface area (TPSA) is 153 Å². The average molecular weight is 374 g/mol. The fourth-order valence-corrected chi connectivity index (χ4v) is 2.19. The average Bonchev–Trinajstić information content (AvgIpc) is 2.61. The highest BCUT2D eigenvalue weighted by molar-refractivity contribution is 5.89. The Bertz CT molecular complexity index is 774. The van der Waals surface area contributed by atoms with Crippen LogP contribution in [0.25, 0.3) is 0 Å². The van der Waals surface area contributed by atoms with Crippen LogP contribution in [0, 0.1) is 10.1 Å². The van der Waals surface area contributed by atoms with Gasteiger partial charge < -0.3 is 16.4 Å². The molecule has 8 heteroatoms. The summed E-state index contributed by atoms with van der Waals surface area (Å²) < 4.78 is 0. The van der Waals surface area contributed by atoms with Crippen molar-refractivity contribution >= 4 is 17.6 Å². The second-order valence-corrected chi connectivity index (χ2v) is 5.45. The van der Waals surface area contributed by atoms with E-state index in [0.29, 0.717) is 18.1 Å². The maximum Gasteiger partial charge on any atom is 0.328 e. The van der Waals surface area contributed by atoms with Crippen molar-refractivity contribution in [2.75, 3.05) is 0 Å². The molecule has 2 rings (SSSR count). The molecule has 27 heavy (non-hydrogen) atoms. The zero-order valence-electron chi connectivity index (χ0n) is 14.8. The Morgan fingerprint density at radius 1 is 1.04 bits per heavy atom. The molecule has 2 aromatic carbocycles. The van der Waals surface area contributed by atoms with Gasteiger partial charge in [0.1, 0.15) is 0 Å². The number of nitro benzene ring substituents is 1. The summed E-state index contributed by atoms with van der Waals surface area (Å²) in [6.07, 6.45) is 1.93. The Morgan fingerprint density at radius 3 is 2.07 bits per heavy atom. The monoisotopic (exact) mass is 374 g/mol. The largest absolute Gasteiger partial charge is 0.478 e. The van der Waals surface area contributed by atoms with Gasteiger partial charge in [-0.05, 0) is 23.5 Å². The SMILES string of the molecule is CC(Cc1cccc([N+](=O)[O-])c1)c1ccccc1.N.O=C(O)C=CC(=O)O. The highest BCUT2D eigenvalue weighted by Crippen LogP contribution is 2.22. The minimum Gasteiger partial charge on any atom is -0.478 e. The number of carboxylic acids is 2. The normalized spacial score (nSPS) is 10.9. The molecule has 0 aliphatic carbocycles. The van der Waals surface area contributed by atoms with Crippen molar-refractivity contribution in [1.29, 1.82) is 0 Å². The zero-order chi connectivity index (χ0) is 19.5. The Morgan fingerprint density at radius 2 is 1.59 bits per heavy atom. The summed E-state index contributed by atoms with van der Waals surface area (Å²) >= 11 is 0. The molecule has 1 atom stereocenters. The molecule has 0 aliphatic heterocycles. The lowest BCUT2D eigenvalue weighted by atomic mass is 9.94. The molecule has 0 heterocycles. The molecule has 0 saturated carbocycles. The summed E-state index contributed by atoms with van der Waals surface area (Å²) in [5.41, 5.74) is 2.41. The fourth-order valence-electron chi connectivity index (χ4n) is 2.19. The fraction of sp³-hybridized carbons (Fsp3) is 0.158. The van der Waals surface area contributed by atoms with Crippen molar-refractivity contribution < 1.29 is 24.7 Å². The summed E-state index contributed by atoms with van der Waals surface area (Å²) in [5.74, 6) is -2.16. The number of benzene rings is 2. The second kappa shape index (κ2) is 11.9. The lowest BCUT2D eigenvalue weighted by Crippen LogP contribution is -1.99. The van der Waals surface area contributed by atoms with Gasteiger partial charge in [-0.2, -0.15) is 0 Å². The molecule has 0 aliphatic rings. The molecule has 2 aromatic rings. The molecule has 0 amide bonds. The maximum absolute atomic E-state index is 10.7. The van der Waals surface area contributed by atoms with Crippen LogP contribution in [0.3, 0.4) is 0 Å². The predicted molar refractivity (Wildman–Crippen MR) is 101 cm³/mol.